The number of nitrogens with zero attached hydrogens (tertiary/aromatic N) is 1. The number of rotatable bonds is 2. The van der Waals surface area contributed by atoms with Crippen molar-refractivity contribution in [2.24, 2.45) is 0 Å². The van der Waals surface area contributed by atoms with Gasteiger partial charge in [-0.2, -0.15) is 0 Å². The smallest absolute Gasteiger partial charge is 0.194 e. The summed E-state index contributed by atoms with van der Waals surface area (Å²) in [4.78, 5) is 15.7. The number of hydrogen-bond donors (Lipinski definition) is 0. The van der Waals surface area contributed by atoms with Crippen LogP contribution in [0.1, 0.15) is 29.8 Å². The van der Waals surface area contributed by atoms with Gasteiger partial charge >= 0.3 is 0 Å². The molecule has 2 heteroatoms. The fourth-order valence-electron chi connectivity index (χ4n) is 1.25. The first-order valence-corrected chi connectivity index (χ1v) is 5.38. The molecule has 0 bridgehead atoms. The topological polar surface area (TPSA) is 30.0 Å². The molecule has 16 heavy (non-hydrogen) atoms. The average molecular weight is 213 g/mol. The summed E-state index contributed by atoms with van der Waals surface area (Å²) in [5.41, 5.74) is 1.32. The minimum Gasteiger partial charge on any atom is -0.289 e. The quantitative estimate of drug-likeness (QED) is 0.716. The number of carbonyl (C=O) groups is 1. The Morgan fingerprint density at radius 3 is 2.12 bits per heavy atom. The Labute approximate surface area is 96.0 Å². The van der Waals surface area contributed by atoms with Gasteiger partial charge in [-0.25, -0.2) is 0 Å². The second kappa shape index (κ2) is 6.51. The van der Waals surface area contributed by atoms with Gasteiger partial charge in [0.1, 0.15) is 0 Å². The van der Waals surface area contributed by atoms with Crippen molar-refractivity contribution in [1.82, 2.24) is 4.98 Å². The molecule has 0 saturated heterocycles. The van der Waals surface area contributed by atoms with Crippen LogP contribution in [0, 0.1) is 0 Å². The summed E-state index contributed by atoms with van der Waals surface area (Å²) in [6.07, 6.45) is 3.23. The van der Waals surface area contributed by atoms with Gasteiger partial charge in [-0.05, 0) is 12.1 Å². The highest BCUT2D eigenvalue weighted by molar-refractivity contribution is 6.08. The maximum atomic E-state index is 11.8. The monoisotopic (exact) mass is 213 g/mol. The van der Waals surface area contributed by atoms with Gasteiger partial charge in [0.05, 0.1) is 0 Å². The van der Waals surface area contributed by atoms with E-state index in [-0.39, 0.29) is 5.78 Å². The summed E-state index contributed by atoms with van der Waals surface area (Å²) in [5.74, 6) is 0.0127. The van der Waals surface area contributed by atoms with E-state index in [1.165, 1.54) is 0 Å². The molecular weight excluding hydrogens is 198 g/mol. The van der Waals surface area contributed by atoms with Gasteiger partial charge in [0.15, 0.2) is 5.78 Å². The normalized spacial score (nSPS) is 8.88. The number of aromatic nitrogens is 1. The zero-order valence-electron chi connectivity index (χ0n) is 9.55. The van der Waals surface area contributed by atoms with Crippen molar-refractivity contribution < 1.29 is 4.79 Å². The fraction of sp³-hybridized carbons (Fsp3) is 0.143. The van der Waals surface area contributed by atoms with Crippen molar-refractivity contribution in [2.75, 3.05) is 0 Å². The molecule has 1 heterocycles. The molecule has 1 aromatic heterocycles. The van der Waals surface area contributed by atoms with E-state index in [9.17, 15) is 4.79 Å². The largest absolute Gasteiger partial charge is 0.289 e. The van der Waals surface area contributed by atoms with Gasteiger partial charge in [0.2, 0.25) is 0 Å². The molecule has 0 fully saturated rings. The molecule has 0 amide bonds. The number of benzene rings is 1. The van der Waals surface area contributed by atoms with Gasteiger partial charge in [-0.15, -0.1) is 0 Å². The SMILES string of the molecule is CC.O=C(c1ccccc1)c1cccnc1. The van der Waals surface area contributed by atoms with Crippen molar-refractivity contribution in [3.63, 3.8) is 0 Å². The third-order valence-electron chi connectivity index (χ3n) is 1.96. The molecule has 2 aromatic rings. The van der Waals surface area contributed by atoms with Crippen LogP contribution in [0.15, 0.2) is 54.9 Å². The minimum absolute atomic E-state index is 0.0127. The van der Waals surface area contributed by atoms with Gasteiger partial charge in [0.25, 0.3) is 0 Å². The van der Waals surface area contributed by atoms with Gasteiger partial charge < -0.3 is 0 Å². The first kappa shape index (κ1) is 12.1. The Hall–Kier alpha value is -1.96. The molecule has 82 valence electrons. The number of hydrogen-bond acceptors (Lipinski definition) is 2. The lowest BCUT2D eigenvalue weighted by Gasteiger charge is -1.98. The van der Waals surface area contributed by atoms with Gasteiger partial charge in [0, 0.05) is 23.5 Å². The van der Waals surface area contributed by atoms with E-state index < -0.39 is 0 Å². The van der Waals surface area contributed by atoms with Crippen molar-refractivity contribution in [2.45, 2.75) is 13.8 Å². The highest BCUT2D eigenvalue weighted by Gasteiger charge is 2.06. The van der Waals surface area contributed by atoms with Crippen LogP contribution in [-0.2, 0) is 0 Å². The van der Waals surface area contributed by atoms with Gasteiger partial charge in [-0.1, -0.05) is 44.2 Å². The van der Waals surface area contributed by atoms with Crippen LogP contribution >= 0.6 is 0 Å². The third kappa shape index (κ3) is 3.02. The van der Waals surface area contributed by atoms with Crippen molar-refractivity contribution >= 4 is 5.78 Å². The molecule has 0 atom stereocenters. The second-order valence-corrected chi connectivity index (χ2v) is 2.94. The van der Waals surface area contributed by atoms with E-state index in [0.29, 0.717) is 11.1 Å². The van der Waals surface area contributed by atoms with Crippen LogP contribution in [0.25, 0.3) is 0 Å². The van der Waals surface area contributed by atoms with Crippen LogP contribution < -0.4 is 0 Å². The Morgan fingerprint density at radius 1 is 0.938 bits per heavy atom. The molecule has 2 nitrogen and oxygen atoms in total. The summed E-state index contributed by atoms with van der Waals surface area (Å²) < 4.78 is 0. The molecule has 0 unspecified atom stereocenters. The van der Waals surface area contributed by atoms with Crippen molar-refractivity contribution in [1.29, 1.82) is 0 Å². The summed E-state index contributed by atoms with van der Waals surface area (Å²) in [6.45, 7) is 4.00. The molecule has 0 N–H and O–H groups in total. The number of ketones is 1. The van der Waals surface area contributed by atoms with E-state index in [1.807, 2.05) is 32.0 Å². The third-order valence-corrected chi connectivity index (χ3v) is 1.96. The predicted molar refractivity (Wildman–Crippen MR) is 65.5 cm³/mol. The molecule has 0 saturated carbocycles. The number of pyridine rings is 1. The van der Waals surface area contributed by atoms with Crippen LogP contribution in [-0.4, -0.2) is 10.8 Å². The Balaban J connectivity index is 0.000000606. The van der Waals surface area contributed by atoms with Crippen LogP contribution in [0.5, 0.6) is 0 Å². The Bertz CT molecular complexity index is 382. The highest BCUT2D eigenvalue weighted by Crippen LogP contribution is 2.07. The van der Waals surface area contributed by atoms with E-state index in [1.54, 1.807) is 36.7 Å². The highest BCUT2D eigenvalue weighted by atomic mass is 16.1. The first-order chi connectivity index (χ1) is 7.88. The number of carbonyl (C=O) groups excluding carboxylic acids is 1. The standard InChI is InChI=1S/C12H9NO.C2H6/c14-12(10-5-2-1-3-6-10)11-7-4-8-13-9-11;1-2/h1-9H;1-2H3. The van der Waals surface area contributed by atoms with Gasteiger partial charge in [-0.3, -0.25) is 9.78 Å². The molecular formula is C14H15NO. The lowest BCUT2D eigenvalue weighted by Crippen LogP contribution is -2.00. The van der Waals surface area contributed by atoms with E-state index >= 15 is 0 Å². The molecule has 0 aliphatic carbocycles. The molecule has 0 spiro atoms. The lowest BCUT2D eigenvalue weighted by atomic mass is 10.1. The summed E-state index contributed by atoms with van der Waals surface area (Å²) in [7, 11) is 0. The maximum absolute atomic E-state index is 11.8. The van der Waals surface area contributed by atoms with Crippen LogP contribution in [0.3, 0.4) is 0 Å². The zero-order valence-corrected chi connectivity index (χ0v) is 9.55. The first-order valence-electron chi connectivity index (χ1n) is 5.38. The van der Waals surface area contributed by atoms with Crippen molar-refractivity contribution in [3.8, 4) is 0 Å². The zero-order chi connectivity index (χ0) is 11.8. The summed E-state index contributed by atoms with van der Waals surface area (Å²) in [6, 6.07) is 12.7. The average Bonchev–Trinajstić information content (AvgIpc) is 2.42. The van der Waals surface area contributed by atoms with Crippen LogP contribution in [0.2, 0.25) is 0 Å². The van der Waals surface area contributed by atoms with E-state index in [0.717, 1.165) is 0 Å². The minimum atomic E-state index is 0.0127. The molecule has 0 aliphatic rings. The fourth-order valence-corrected chi connectivity index (χ4v) is 1.25. The molecule has 2 rings (SSSR count). The van der Waals surface area contributed by atoms with E-state index in [4.69, 9.17) is 0 Å². The Kier molecular flexibility index (Phi) is 4.93. The lowest BCUT2D eigenvalue weighted by molar-refractivity contribution is 0.103. The maximum Gasteiger partial charge on any atom is 0.194 e. The summed E-state index contributed by atoms with van der Waals surface area (Å²) >= 11 is 0. The van der Waals surface area contributed by atoms with Crippen LogP contribution in [0.4, 0.5) is 0 Å². The summed E-state index contributed by atoms with van der Waals surface area (Å²) in [5, 5.41) is 0. The molecule has 0 aliphatic heterocycles. The van der Waals surface area contributed by atoms with E-state index in [2.05, 4.69) is 4.98 Å². The molecule has 1 aromatic carbocycles. The van der Waals surface area contributed by atoms with Crippen molar-refractivity contribution in [3.05, 3.63) is 66.0 Å². The predicted octanol–water partition coefficient (Wildman–Crippen LogP) is 3.34. The molecule has 0 radical (unpaired) electrons. The second-order valence-electron chi connectivity index (χ2n) is 2.94. The Morgan fingerprint density at radius 2 is 1.56 bits per heavy atom.